The Labute approximate surface area is 151 Å². The van der Waals surface area contributed by atoms with Crippen LogP contribution in [0.4, 0.5) is 9.52 Å². The van der Waals surface area contributed by atoms with E-state index in [1.54, 1.807) is 23.6 Å². The summed E-state index contributed by atoms with van der Waals surface area (Å²) in [5, 5.41) is 5.24. The lowest BCUT2D eigenvalue weighted by molar-refractivity contribution is 0.102. The van der Waals surface area contributed by atoms with Crippen LogP contribution in [-0.4, -0.2) is 17.7 Å². The molecule has 25 heavy (non-hydrogen) atoms. The van der Waals surface area contributed by atoms with Crippen LogP contribution >= 0.6 is 22.9 Å². The van der Waals surface area contributed by atoms with Crippen molar-refractivity contribution in [1.82, 2.24) is 4.98 Å². The fourth-order valence-electron chi connectivity index (χ4n) is 2.35. The molecule has 0 unspecified atom stereocenters. The predicted octanol–water partition coefficient (Wildman–Crippen LogP) is 4.58. The Morgan fingerprint density at radius 1 is 1.24 bits per heavy atom. The number of nitrogens with zero attached hydrogens (tertiary/aromatic N) is 1. The quantitative estimate of drug-likeness (QED) is 0.726. The average molecular weight is 377 g/mol. The number of amides is 1. The summed E-state index contributed by atoms with van der Waals surface area (Å²) in [6.07, 6.45) is 0. The Morgan fingerprint density at radius 2 is 2.04 bits per heavy atom. The van der Waals surface area contributed by atoms with Crippen LogP contribution < -0.4 is 14.8 Å². The highest BCUT2D eigenvalue weighted by atomic mass is 35.5. The van der Waals surface area contributed by atoms with Gasteiger partial charge in [-0.25, -0.2) is 9.37 Å². The summed E-state index contributed by atoms with van der Waals surface area (Å²) in [4.78, 5) is 16.8. The molecule has 0 spiro atoms. The first-order chi connectivity index (χ1) is 12.1. The number of halogens is 2. The van der Waals surface area contributed by atoms with Gasteiger partial charge in [0.15, 0.2) is 16.6 Å². The van der Waals surface area contributed by atoms with Crippen molar-refractivity contribution in [2.75, 3.05) is 12.1 Å². The topological polar surface area (TPSA) is 60.5 Å². The SMILES string of the molecule is O=C(Nc1nc(-c2ccc(F)cc2)cs1)c1cc(Cl)c2c(c1)OCO2. The van der Waals surface area contributed by atoms with Crippen LogP contribution in [0.15, 0.2) is 41.8 Å². The molecule has 4 rings (SSSR count). The second kappa shape index (κ2) is 6.34. The van der Waals surface area contributed by atoms with E-state index in [-0.39, 0.29) is 18.5 Å². The first-order valence-corrected chi connectivity index (χ1v) is 8.48. The summed E-state index contributed by atoms with van der Waals surface area (Å²) < 4.78 is 23.5. The van der Waals surface area contributed by atoms with Gasteiger partial charge in [-0.05, 0) is 36.4 Å². The van der Waals surface area contributed by atoms with Crippen LogP contribution in [0, 0.1) is 5.82 Å². The third-order valence-electron chi connectivity index (χ3n) is 3.55. The number of ether oxygens (including phenoxy) is 2. The molecular formula is C17H10ClFN2O3S. The number of fused-ring (bicyclic) bond motifs is 1. The van der Waals surface area contributed by atoms with Gasteiger partial charge in [0, 0.05) is 16.5 Å². The first kappa shape index (κ1) is 15.9. The van der Waals surface area contributed by atoms with E-state index in [1.165, 1.54) is 29.5 Å². The Balaban J connectivity index is 1.54. The number of anilines is 1. The fraction of sp³-hybridized carbons (Fsp3) is 0.0588. The van der Waals surface area contributed by atoms with Crippen molar-refractivity contribution in [3.8, 4) is 22.8 Å². The van der Waals surface area contributed by atoms with Crippen molar-refractivity contribution in [2.45, 2.75) is 0 Å². The van der Waals surface area contributed by atoms with Gasteiger partial charge < -0.3 is 9.47 Å². The third kappa shape index (κ3) is 3.16. The van der Waals surface area contributed by atoms with Crippen LogP contribution in [0.3, 0.4) is 0 Å². The maximum absolute atomic E-state index is 13.0. The summed E-state index contributed by atoms with van der Waals surface area (Å²) in [6.45, 7) is 0.0770. The Hall–Kier alpha value is -2.64. The molecule has 8 heteroatoms. The van der Waals surface area contributed by atoms with Gasteiger partial charge in [-0.3, -0.25) is 10.1 Å². The van der Waals surface area contributed by atoms with E-state index in [2.05, 4.69) is 10.3 Å². The molecule has 0 saturated heterocycles. The van der Waals surface area contributed by atoms with Gasteiger partial charge in [-0.2, -0.15) is 0 Å². The van der Waals surface area contributed by atoms with Crippen LogP contribution in [0.2, 0.25) is 5.02 Å². The van der Waals surface area contributed by atoms with E-state index in [1.807, 2.05) is 0 Å². The zero-order valence-electron chi connectivity index (χ0n) is 12.6. The lowest BCUT2D eigenvalue weighted by Gasteiger charge is -2.05. The predicted molar refractivity (Wildman–Crippen MR) is 93.0 cm³/mol. The van der Waals surface area contributed by atoms with E-state index in [0.29, 0.717) is 32.9 Å². The monoisotopic (exact) mass is 376 g/mol. The molecule has 0 radical (unpaired) electrons. The Bertz CT molecular complexity index is 959. The van der Waals surface area contributed by atoms with Crippen molar-refractivity contribution in [2.24, 2.45) is 0 Å². The lowest BCUT2D eigenvalue weighted by atomic mass is 10.2. The maximum atomic E-state index is 13.0. The van der Waals surface area contributed by atoms with Crippen molar-refractivity contribution in [1.29, 1.82) is 0 Å². The largest absolute Gasteiger partial charge is 0.454 e. The number of rotatable bonds is 3. The highest BCUT2D eigenvalue weighted by molar-refractivity contribution is 7.14. The zero-order valence-corrected chi connectivity index (χ0v) is 14.2. The van der Waals surface area contributed by atoms with Gasteiger partial charge in [0.25, 0.3) is 5.91 Å². The minimum absolute atomic E-state index is 0.0770. The molecule has 1 aliphatic heterocycles. The Kier molecular flexibility index (Phi) is 4.03. The van der Waals surface area contributed by atoms with E-state index in [0.717, 1.165) is 5.56 Å². The third-order valence-corrected chi connectivity index (χ3v) is 4.59. The number of carbonyl (C=O) groups is 1. The van der Waals surface area contributed by atoms with Crippen LogP contribution in [-0.2, 0) is 0 Å². The standard InChI is InChI=1S/C17H10ClFN2O3S/c18-12-5-10(6-14-15(12)24-8-23-14)16(22)21-17-20-13(7-25-17)9-1-3-11(19)4-2-9/h1-7H,8H2,(H,20,21,22). The molecule has 126 valence electrons. The molecule has 3 aromatic rings. The summed E-state index contributed by atoms with van der Waals surface area (Å²) in [6, 6.07) is 9.07. The van der Waals surface area contributed by atoms with Gasteiger partial charge >= 0.3 is 0 Å². The van der Waals surface area contributed by atoms with Gasteiger partial charge in [0.1, 0.15) is 5.82 Å². The number of thiazole rings is 1. The normalized spacial score (nSPS) is 12.2. The minimum atomic E-state index is -0.361. The summed E-state index contributed by atoms with van der Waals surface area (Å²) in [5.41, 5.74) is 1.76. The summed E-state index contributed by atoms with van der Waals surface area (Å²) in [5.74, 6) is 0.197. The van der Waals surface area contributed by atoms with Crippen molar-refractivity contribution < 1.29 is 18.7 Å². The van der Waals surface area contributed by atoms with Gasteiger partial charge in [0.2, 0.25) is 6.79 Å². The molecule has 1 N–H and O–H groups in total. The first-order valence-electron chi connectivity index (χ1n) is 7.22. The second-order valence-corrected chi connectivity index (χ2v) is 6.46. The summed E-state index contributed by atoms with van der Waals surface area (Å²) >= 11 is 7.37. The highest BCUT2D eigenvalue weighted by Gasteiger charge is 2.21. The second-order valence-electron chi connectivity index (χ2n) is 5.19. The Morgan fingerprint density at radius 3 is 2.84 bits per heavy atom. The molecule has 5 nitrogen and oxygen atoms in total. The van der Waals surface area contributed by atoms with Crippen molar-refractivity contribution >= 4 is 34.0 Å². The molecule has 1 aromatic heterocycles. The maximum Gasteiger partial charge on any atom is 0.257 e. The molecule has 0 saturated carbocycles. The van der Waals surface area contributed by atoms with Crippen LogP contribution in [0.1, 0.15) is 10.4 Å². The van der Waals surface area contributed by atoms with Crippen molar-refractivity contribution in [3.63, 3.8) is 0 Å². The van der Waals surface area contributed by atoms with Crippen molar-refractivity contribution in [3.05, 3.63) is 58.2 Å². The fourth-order valence-corrected chi connectivity index (χ4v) is 3.33. The summed E-state index contributed by atoms with van der Waals surface area (Å²) in [7, 11) is 0. The highest BCUT2D eigenvalue weighted by Crippen LogP contribution is 2.40. The van der Waals surface area contributed by atoms with E-state index >= 15 is 0 Å². The number of hydrogen-bond acceptors (Lipinski definition) is 5. The molecular weight excluding hydrogens is 367 g/mol. The molecule has 0 fully saturated rings. The number of carbonyl (C=O) groups excluding carboxylic acids is 1. The van der Waals surface area contributed by atoms with Crippen LogP contribution in [0.5, 0.6) is 11.5 Å². The molecule has 2 heterocycles. The zero-order chi connectivity index (χ0) is 17.4. The number of nitrogens with one attached hydrogen (secondary N) is 1. The molecule has 0 bridgehead atoms. The lowest BCUT2D eigenvalue weighted by Crippen LogP contribution is -2.11. The van der Waals surface area contributed by atoms with Crippen LogP contribution in [0.25, 0.3) is 11.3 Å². The van der Waals surface area contributed by atoms with Gasteiger partial charge in [-0.1, -0.05) is 11.6 Å². The van der Waals surface area contributed by atoms with E-state index < -0.39 is 0 Å². The molecule has 0 atom stereocenters. The number of hydrogen-bond donors (Lipinski definition) is 1. The van der Waals surface area contributed by atoms with E-state index in [4.69, 9.17) is 21.1 Å². The van der Waals surface area contributed by atoms with Gasteiger partial charge in [0.05, 0.1) is 10.7 Å². The van der Waals surface area contributed by atoms with Gasteiger partial charge in [-0.15, -0.1) is 11.3 Å². The smallest absolute Gasteiger partial charge is 0.257 e. The molecule has 0 aliphatic carbocycles. The molecule has 1 aliphatic rings. The minimum Gasteiger partial charge on any atom is -0.454 e. The number of aromatic nitrogens is 1. The molecule has 1 amide bonds. The van der Waals surface area contributed by atoms with E-state index in [9.17, 15) is 9.18 Å². The molecule has 2 aromatic carbocycles. The average Bonchev–Trinajstić information content (AvgIpc) is 3.25. The number of benzene rings is 2.